The quantitative estimate of drug-likeness (QED) is 0.135. The van der Waals surface area contributed by atoms with Gasteiger partial charge in [0, 0.05) is 23.0 Å². The van der Waals surface area contributed by atoms with E-state index in [9.17, 15) is 0 Å². The molecule has 0 atom stereocenters. The summed E-state index contributed by atoms with van der Waals surface area (Å²) in [5.74, 6) is 3.48. The minimum Gasteiger partial charge on any atom is -0.551 e. The van der Waals surface area contributed by atoms with Gasteiger partial charge in [0.2, 0.25) is 0 Å². The predicted molar refractivity (Wildman–Crippen MR) is 269 cm³/mol. The number of hydrogen-bond donors (Lipinski definition) is 2. The largest absolute Gasteiger partial charge is 2.00 e. The van der Waals surface area contributed by atoms with Gasteiger partial charge in [-0.3, -0.25) is 0 Å². The van der Waals surface area contributed by atoms with Crippen molar-refractivity contribution in [2.24, 2.45) is 0 Å². The molecule has 0 fully saturated rings. The second kappa shape index (κ2) is 26.5. The van der Waals surface area contributed by atoms with E-state index in [1.807, 2.05) is 24.3 Å². The number of phenols is 2. The maximum Gasteiger partial charge on any atom is 2.00 e. The molecule has 6 nitrogen and oxygen atoms in total. The second-order valence-corrected chi connectivity index (χ2v) is 15.2. The van der Waals surface area contributed by atoms with Crippen LogP contribution in [0.3, 0.4) is 0 Å². The van der Waals surface area contributed by atoms with E-state index in [1.54, 1.807) is 77.0 Å². The van der Waals surface area contributed by atoms with Crippen LogP contribution in [0.25, 0.3) is 43.8 Å². The molecule has 0 aliphatic heterocycles. The molecule has 2 N–H and O–H groups in total. The maximum absolute atomic E-state index is 8.63. The summed E-state index contributed by atoms with van der Waals surface area (Å²) in [5.41, 5.74) is 10.0. The summed E-state index contributed by atoms with van der Waals surface area (Å²) < 4.78 is 21.2. The molecule has 0 heterocycles. The Kier molecular flexibility index (Phi) is 20.4. The van der Waals surface area contributed by atoms with Crippen LogP contribution in [0.2, 0.25) is 0 Å². The van der Waals surface area contributed by atoms with Crippen molar-refractivity contribution in [1.82, 2.24) is 0 Å². The number of fused-ring (bicyclic) bond motifs is 8. The molecule has 0 saturated heterocycles. The number of rotatable bonds is 4. The molecule has 2 aliphatic rings. The number of ether oxygens (including phenoxy) is 4. The van der Waals surface area contributed by atoms with E-state index in [1.165, 1.54) is 66.1 Å². The molecule has 10 aromatic carbocycles. The standard InChI is InChI=1S/2C15H13O2.2C9H7.2C6H6O.2Ti/c2*1-16-14-8-11-7-10-5-3-4-6-12(10)13(11)9-15(14)17-2;2*1-2-5-9-7-3-6-8(9)4-1;2*7-6-4-2-1-3-5-6;;/h2*3-6,9H,7H2,1-2H3;2*1-7H;2*1-5,7H;;/q4*-1;;;2*+2. The first-order valence-electron chi connectivity index (χ1n) is 21.6. The molecule has 0 unspecified atom stereocenters. The topological polar surface area (TPSA) is 77.4 Å². The smallest absolute Gasteiger partial charge is 0.551 e. The van der Waals surface area contributed by atoms with Gasteiger partial charge in [-0.25, -0.2) is 0 Å². The van der Waals surface area contributed by atoms with Gasteiger partial charge >= 0.3 is 43.4 Å². The first-order valence-corrected chi connectivity index (χ1v) is 21.6. The van der Waals surface area contributed by atoms with Gasteiger partial charge in [-0.05, 0) is 37.1 Å². The van der Waals surface area contributed by atoms with Crippen LogP contribution in [-0.2, 0) is 56.3 Å². The van der Waals surface area contributed by atoms with E-state index in [-0.39, 0.29) is 43.4 Å². The van der Waals surface area contributed by atoms with Crippen molar-refractivity contribution in [3.05, 3.63) is 241 Å². The maximum atomic E-state index is 8.63. The molecule has 0 radical (unpaired) electrons. The van der Waals surface area contributed by atoms with E-state index >= 15 is 0 Å². The fraction of sp³-hybridized carbons (Fsp3) is 0.100. The molecular weight excluding hydrogens is 912 g/mol. The SMILES string of the molecule is COc1[c-]c2c(cc1OC)-c1ccccc1C2.COc1[c-]c2c(cc1OC)-c1ccccc1C2.Oc1ccccc1.Oc1ccccc1.[Ti+2].[Ti+2].c1ccc2[cH-]ccc2c1.c1ccc2[cH-]ccc2c1. The van der Waals surface area contributed by atoms with Crippen molar-refractivity contribution in [1.29, 1.82) is 0 Å². The van der Waals surface area contributed by atoms with Gasteiger partial charge in [0.1, 0.15) is 11.5 Å². The molecule has 0 aromatic heterocycles. The Morgan fingerprint density at radius 3 is 1.09 bits per heavy atom. The van der Waals surface area contributed by atoms with Crippen LogP contribution in [0.5, 0.6) is 34.5 Å². The van der Waals surface area contributed by atoms with Gasteiger partial charge in [-0.1, -0.05) is 119 Å². The van der Waals surface area contributed by atoms with Crippen LogP contribution in [0.1, 0.15) is 22.3 Å². The van der Waals surface area contributed by atoms with E-state index in [0.29, 0.717) is 23.0 Å². The second-order valence-electron chi connectivity index (χ2n) is 15.2. The predicted octanol–water partition coefficient (Wildman–Crippen LogP) is 14.0. The van der Waals surface area contributed by atoms with Gasteiger partial charge < -0.3 is 29.2 Å². The summed E-state index contributed by atoms with van der Waals surface area (Å²) >= 11 is 0. The van der Waals surface area contributed by atoms with E-state index < -0.39 is 0 Å². The van der Waals surface area contributed by atoms with Gasteiger partial charge in [-0.2, -0.15) is 35.0 Å². The molecule has 10 aromatic rings. The van der Waals surface area contributed by atoms with Crippen molar-refractivity contribution in [3.8, 4) is 56.8 Å². The fourth-order valence-corrected chi connectivity index (χ4v) is 7.72. The zero-order chi connectivity index (χ0) is 46.1. The van der Waals surface area contributed by atoms with Crippen LogP contribution in [0.4, 0.5) is 0 Å². The molecule has 336 valence electrons. The first kappa shape index (κ1) is 52.2. The number of phenolic OH excluding ortho intramolecular Hbond substituents is 2. The fourth-order valence-electron chi connectivity index (χ4n) is 7.72. The number of hydrogen-bond acceptors (Lipinski definition) is 6. The zero-order valence-corrected chi connectivity index (χ0v) is 41.7. The molecule has 0 spiro atoms. The van der Waals surface area contributed by atoms with E-state index in [4.69, 9.17) is 29.2 Å². The third kappa shape index (κ3) is 13.7. The summed E-state index contributed by atoms with van der Waals surface area (Å²) in [7, 11) is 6.59. The normalized spacial score (nSPS) is 10.4. The Morgan fingerprint density at radius 1 is 0.397 bits per heavy atom. The first-order chi connectivity index (χ1) is 32.4. The molecule has 2 aliphatic carbocycles. The third-order valence-electron chi connectivity index (χ3n) is 11.0. The van der Waals surface area contributed by atoms with Crippen LogP contribution in [0.15, 0.2) is 206 Å². The molecule has 8 heteroatoms. The van der Waals surface area contributed by atoms with Gasteiger partial charge in [0.05, 0.1) is 28.4 Å². The summed E-state index contributed by atoms with van der Waals surface area (Å²) in [6.45, 7) is 0. The molecule has 0 amide bonds. The molecule has 0 saturated carbocycles. The van der Waals surface area contributed by atoms with Crippen LogP contribution < -0.4 is 18.9 Å². The number of methoxy groups -OCH3 is 4. The van der Waals surface area contributed by atoms with Crippen LogP contribution >= 0.6 is 0 Å². The van der Waals surface area contributed by atoms with Crippen LogP contribution in [0, 0.1) is 12.1 Å². The average Bonchev–Trinajstić information content (AvgIpc) is 4.19. The van der Waals surface area contributed by atoms with E-state index in [2.05, 4.69) is 146 Å². The van der Waals surface area contributed by atoms with Crippen molar-refractivity contribution in [3.63, 3.8) is 0 Å². The Morgan fingerprint density at radius 2 is 0.750 bits per heavy atom. The summed E-state index contributed by atoms with van der Waals surface area (Å²) in [6, 6.07) is 74.3. The number of aromatic hydroxyl groups is 2. The molecular formula is C60H52O6Ti2. The Hall–Kier alpha value is -6.79. The van der Waals surface area contributed by atoms with Crippen LogP contribution in [-0.4, -0.2) is 38.7 Å². The van der Waals surface area contributed by atoms with Crippen molar-refractivity contribution in [2.75, 3.05) is 28.4 Å². The minimum absolute atomic E-state index is 0. The third-order valence-corrected chi connectivity index (χ3v) is 11.0. The molecule has 68 heavy (non-hydrogen) atoms. The molecule has 0 bridgehead atoms. The number of benzene rings is 8. The number of para-hydroxylation sites is 2. The van der Waals surface area contributed by atoms with Crippen molar-refractivity contribution < 1.29 is 72.6 Å². The van der Waals surface area contributed by atoms with E-state index in [0.717, 1.165) is 24.3 Å². The van der Waals surface area contributed by atoms with Gasteiger partial charge in [-0.15, -0.1) is 106 Å². The summed E-state index contributed by atoms with van der Waals surface area (Å²) in [4.78, 5) is 0. The minimum atomic E-state index is 0. The summed E-state index contributed by atoms with van der Waals surface area (Å²) in [5, 5.41) is 22.6. The Bertz CT molecular complexity index is 2800. The zero-order valence-electron chi connectivity index (χ0n) is 38.6. The average molecular weight is 965 g/mol. The summed E-state index contributed by atoms with van der Waals surface area (Å²) in [6.07, 6.45) is 1.84. The Labute approximate surface area is 429 Å². The van der Waals surface area contributed by atoms with Gasteiger partial charge in [0.15, 0.2) is 0 Å². The monoisotopic (exact) mass is 964 g/mol. The van der Waals surface area contributed by atoms with Crippen molar-refractivity contribution in [2.45, 2.75) is 12.8 Å². The van der Waals surface area contributed by atoms with Gasteiger partial charge in [0.25, 0.3) is 0 Å². The Balaban J connectivity index is 0.000000158. The van der Waals surface area contributed by atoms with Crippen molar-refractivity contribution >= 4 is 21.5 Å². The molecule has 12 rings (SSSR count).